The molecule has 1 aromatic carbocycles. The second kappa shape index (κ2) is 6.58. The summed E-state index contributed by atoms with van der Waals surface area (Å²) in [5, 5.41) is 7.12. The lowest BCUT2D eigenvalue weighted by Gasteiger charge is -2.21. The van der Waals surface area contributed by atoms with Gasteiger partial charge in [-0.2, -0.15) is 13.9 Å². The molecule has 0 radical (unpaired) electrons. The van der Waals surface area contributed by atoms with Gasteiger partial charge in [0, 0.05) is 0 Å². The molecule has 1 saturated heterocycles. The summed E-state index contributed by atoms with van der Waals surface area (Å²) in [6.07, 6.45) is 1.26. The number of hydrazone groups is 1. The summed E-state index contributed by atoms with van der Waals surface area (Å²) >= 11 is 0. The molecule has 1 aliphatic heterocycles. The van der Waals surface area contributed by atoms with Crippen molar-refractivity contribution in [3.8, 4) is 5.75 Å². The maximum Gasteiger partial charge on any atom is 0.387 e. The molecule has 3 rings (SSSR count). The summed E-state index contributed by atoms with van der Waals surface area (Å²) in [5.74, 6) is 0.404. The van der Waals surface area contributed by atoms with E-state index >= 15 is 0 Å². The average Bonchev–Trinajstić information content (AvgIpc) is 3.08. The van der Waals surface area contributed by atoms with Gasteiger partial charge in [0.15, 0.2) is 0 Å². The van der Waals surface area contributed by atoms with Crippen LogP contribution in [0, 0.1) is 6.92 Å². The average molecular weight is 363 g/mol. The number of carbonyl (C=O) groups is 2. The molecule has 2 aromatic rings. The standard InChI is InChI=1S/C17H15F2N3O4/c1-10-3-6-13(25-10)9-20-22-14(23)17(2,21-16(22)24)11-4-7-12(8-5-11)26-15(18)19/h3-9,15H,1-2H3,(H,21,24)/t17-/m0/s1. The van der Waals surface area contributed by atoms with Crippen molar-refractivity contribution in [3.63, 3.8) is 0 Å². The van der Waals surface area contributed by atoms with Gasteiger partial charge in [-0.05, 0) is 43.7 Å². The van der Waals surface area contributed by atoms with Crippen molar-refractivity contribution >= 4 is 18.2 Å². The van der Waals surface area contributed by atoms with Crippen LogP contribution in [-0.4, -0.2) is 29.8 Å². The largest absolute Gasteiger partial charge is 0.460 e. The number of aryl methyl sites for hydroxylation is 1. The molecular formula is C17H15F2N3O4. The van der Waals surface area contributed by atoms with E-state index in [2.05, 4.69) is 15.2 Å². The number of furan rings is 1. The van der Waals surface area contributed by atoms with E-state index in [1.165, 1.54) is 37.4 Å². The Labute approximate surface area is 147 Å². The third-order valence-corrected chi connectivity index (χ3v) is 3.89. The number of ether oxygens (including phenoxy) is 1. The smallest absolute Gasteiger partial charge is 0.387 e. The Balaban J connectivity index is 1.81. The second-order valence-electron chi connectivity index (χ2n) is 5.77. The van der Waals surface area contributed by atoms with Gasteiger partial charge >= 0.3 is 12.6 Å². The van der Waals surface area contributed by atoms with Crippen molar-refractivity contribution in [2.24, 2.45) is 5.10 Å². The van der Waals surface area contributed by atoms with Crippen LogP contribution in [0.1, 0.15) is 24.0 Å². The number of amides is 3. The van der Waals surface area contributed by atoms with Crippen LogP contribution in [0.5, 0.6) is 5.75 Å². The van der Waals surface area contributed by atoms with Crippen LogP contribution in [0.4, 0.5) is 13.6 Å². The van der Waals surface area contributed by atoms with Gasteiger partial charge in [-0.25, -0.2) is 4.79 Å². The highest BCUT2D eigenvalue weighted by Crippen LogP contribution is 2.30. The number of imide groups is 1. The van der Waals surface area contributed by atoms with Gasteiger partial charge < -0.3 is 14.5 Å². The Hall–Kier alpha value is -3.23. The zero-order valence-electron chi connectivity index (χ0n) is 13.9. The fourth-order valence-electron chi connectivity index (χ4n) is 2.53. The molecule has 0 saturated carbocycles. The van der Waals surface area contributed by atoms with Crippen molar-refractivity contribution in [3.05, 3.63) is 53.5 Å². The second-order valence-corrected chi connectivity index (χ2v) is 5.77. The van der Waals surface area contributed by atoms with Gasteiger partial charge in [0.2, 0.25) is 0 Å². The maximum absolute atomic E-state index is 12.7. The first kappa shape index (κ1) is 17.6. The Morgan fingerprint density at radius 3 is 2.50 bits per heavy atom. The van der Waals surface area contributed by atoms with Gasteiger partial charge in [0.1, 0.15) is 22.8 Å². The number of rotatable bonds is 5. The normalized spacial score (nSPS) is 20.3. The van der Waals surface area contributed by atoms with Gasteiger partial charge in [-0.15, -0.1) is 5.01 Å². The summed E-state index contributed by atoms with van der Waals surface area (Å²) in [6, 6.07) is 8.12. The van der Waals surface area contributed by atoms with E-state index < -0.39 is 24.1 Å². The molecule has 26 heavy (non-hydrogen) atoms. The van der Waals surface area contributed by atoms with Gasteiger partial charge in [-0.1, -0.05) is 12.1 Å². The molecular weight excluding hydrogens is 348 g/mol. The number of nitrogens with zero attached hydrogens (tertiary/aromatic N) is 2. The summed E-state index contributed by atoms with van der Waals surface area (Å²) in [6.45, 7) is 0.311. The van der Waals surface area contributed by atoms with E-state index in [0.29, 0.717) is 22.1 Å². The van der Waals surface area contributed by atoms with Gasteiger partial charge in [0.25, 0.3) is 5.91 Å². The number of halogens is 2. The fourth-order valence-corrected chi connectivity index (χ4v) is 2.53. The summed E-state index contributed by atoms with van der Waals surface area (Å²) in [5.41, 5.74) is -0.972. The van der Waals surface area contributed by atoms with Crippen molar-refractivity contribution < 1.29 is 27.5 Å². The Bertz CT molecular complexity index is 863. The van der Waals surface area contributed by atoms with Crippen LogP contribution < -0.4 is 10.1 Å². The SMILES string of the molecule is Cc1ccc(C=NN2C(=O)N[C@@](C)(c3ccc(OC(F)F)cc3)C2=O)o1. The monoisotopic (exact) mass is 363 g/mol. The Morgan fingerprint density at radius 2 is 1.92 bits per heavy atom. The minimum absolute atomic E-state index is 0.0489. The molecule has 0 spiro atoms. The molecule has 2 heterocycles. The number of hydrogen-bond acceptors (Lipinski definition) is 5. The number of carbonyl (C=O) groups excluding carboxylic acids is 2. The third kappa shape index (κ3) is 3.28. The van der Waals surface area contributed by atoms with Crippen molar-refractivity contribution in [2.45, 2.75) is 26.0 Å². The molecule has 1 aromatic heterocycles. The first-order valence-corrected chi connectivity index (χ1v) is 7.62. The predicted octanol–water partition coefficient (Wildman–Crippen LogP) is 2.99. The molecule has 3 amide bonds. The highest BCUT2D eigenvalue weighted by molar-refractivity contribution is 6.07. The lowest BCUT2D eigenvalue weighted by atomic mass is 9.92. The van der Waals surface area contributed by atoms with Crippen molar-refractivity contribution in [1.29, 1.82) is 0 Å². The lowest BCUT2D eigenvalue weighted by molar-refractivity contribution is -0.131. The van der Waals surface area contributed by atoms with E-state index in [9.17, 15) is 18.4 Å². The Morgan fingerprint density at radius 1 is 1.23 bits per heavy atom. The van der Waals surface area contributed by atoms with Gasteiger partial charge in [0.05, 0.1) is 6.21 Å². The first-order valence-electron chi connectivity index (χ1n) is 7.62. The quantitative estimate of drug-likeness (QED) is 0.654. The van der Waals surface area contributed by atoms with Gasteiger partial charge in [-0.3, -0.25) is 4.79 Å². The third-order valence-electron chi connectivity index (χ3n) is 3.89. The van der Waals surface area contributed by atoms with Crippen LogP contribution in [-0.2, 0) is 10.3 Å². The molecule has 0 aliphatic carbocycles. The lowest BCUT2D eigenvalue weighted by Crippen LogP contribution is -2.40. The first-order chi connectivity index (χ1) is 12.3. The molecule has 9 heteroatoms. The molecule has 1 fully saturated rings. The molecule has 1 aliphatic rings. The highest BCUT2D eigenvalue weighted by atomic mass is 19.3. The molecule has 136 valence electrons. The predicted molar refractivity (Wildman–Crippen MR) is 86.8 cm³/mol. The van der Waals surface area contributed by atoms with Crippen LogP contribution >= 0.6 is 0 Å². The number of urea groups is 1. The number of alkyl halides is 2. The Kier molecular flexibility index (Phi) is 4.45. The van der Waals surface area contributed by atoms with Crippen LogP contribution in [0.3, 0.4) is 0 Å². The summed E-state index contributed by atoms with van der Waals surface area (Å²) in [4.78, 5) is 24.8. The molecule has 1 atom stereocenters. The van der Waals surface area contributed by atoms with Crippen molar-refractivity contribution in [1.82, 2.24) is 10.3 Å². The fraction of sp³-hybridized carbons (Fsp3) is 0.235. The molecule has 0 unspecified atom stereocenters. The summed E-state index contributed by atoms with van der Waals surface area (Å²) < 4.78 is 34.0. The number of hydrogen-bond donors (Lipinski definition) is 1. The maximum atomic E-state index is 12.7. The minimum atomic E-state index is -2.95. The zero-order valence-corrected chi connectivity index (χ0v) is 13.9. The number of nitrogens with one attached hydrogen (secondary N) is 1. The molecule has 1 N–H and O–H groups in total. The topological polar surface area (TPSA) is 84.1 Å². The van der Waals surface area contributed by atoms with E-state index in [1.54, 1.807) is 19.1 Å². The summed E-state index contributed by atoms with van der Waals surface area (Å²) in [7, 11) is 0. The van der Waals surface area contributed by atoms with Crippen LogP contribution in [0.15, 0.2) is 45.9 Å². The molecule has 7 nitrogen and oxygen atoms in total. The molecule has 0 bridgehead atoms. The number of benzene rings is 1. The van der Waals surface area contributed by atoms with E-state index in [1.807, 2.05) is 0 Å². The van der Waals surface area contributed by atoms with Crippen LogP contribution in [0.25, 0.3) is 0 Å². The highest BCUT2D eigenvalue weighted by Gasteiger charge is 2.49. The van der Waals surface area contributed by atoms with E-state index in [4.69, 9.17) is 4.42 Å². The van der Waals surface area contributed by atoms with Crippen LogP contribution in [0.2, 0.25) is 0 Å². The van der Waals surface area contributed by atoms with E-state index in [0.717, 1.165) is 0 Å². The zero-order chi connectivity index (χ0) is 18.9. The van der Waals surface area contributed by atoms with Crippen molar-refractivity contribution in [2.75, 3.05) is 0 Å². The van der Waals surface area contributed by atoms with E-state index in [-0.39, 0.29) is 5.75 Å². The minimum Gasteiger partial charge on any atom is -0.460 e.